The summed E-state index contributed by atoms with van der Waals surface area (Å²) in [4.78, 5) is 31.5. The van der Waals surface area contributed by atoms with Crippen LogP contribution < -0.4 is 10.6 Å². The fourth-order valence-corrected chi connectivity index (χ4v) is 1.12. The molecule has 0 unspecified atom stereocenters. The first-order valence-corrected chi connectivity index (χ1v) is 3.77. The molecule has 1 heterocycles. The van der Waals surface area contributed by atoms with Crippen LogP contribution in [0.15, 0.2) is 0 Å². The predicted octanol–water partition coefficient (Wildman–Crippen LogP) is -1.42. The van der Waals surface area contributed by atoms with Crippen molar-refractivity contribution in [1.82, 2.24) is 10.6 Å². The Morgan fingerprint density at radius 1 is 1.67 bits per heavy atom. The standard InChI is InChI=1S/C7H10N2O3/c10-4-6(11)9-5-2-1-3-8-7(5)12/h4-5H,1-3H2,(H,8,12)(H,9,11)/t5-/m0/s1. The fraction of sp³-hybridized carbons (Fsp3) is 0.571. The van der Waals surface area contributed by atoms with Gasteiger partial charge in [-0.15, -0.1) is 0 Å². The molecule has 0 saturated carbocycles. The predicted molar refractivity (Wildman–Crippen MR) is 40.2 cm³/mol. The highest BCUT2D eigenvalue weighted by Crippen LogP contribution is 2.01. The van der Waals surface area contributed by atoms with E-state index in [1.54, 1.807) is 0 Å². The van der Waals surface area contributed by atoms with E-state index >= 15 is 0 Å². The van der Waals surface area contributed by atoms with Gasteiger partial charge in [0.05, 0.1) is 0 Å². The lowest BCUT2D eigenvalue weighted by atomic mass is 10.1. The first-order chi connectivity index (χ1) is 5.74. The Labute approximate surface area is 69.5 Å². The van der Waals surface area contributed by atoms with Gasteiger partial charge in [-0.2, -0.15) is 0 Å². The van der Waals surface area contributed by atoms with E-state index in [1.165, 1.54) is 0 Å². The van der Waals surface area contributed by atoms with Crippen molar-refractivity contribution >= 4 is 18.1 Å². The number of hydrogen-bond acceptors (Lipinski definition) is 3. The van der Waals surface area contributed by atoms with Crippen LogP contribution in [-0.2, 0) is 14.4 Å². The highest BCUT2D eigenvalue weighted by Gasteiger charge is 2.22. The zero-order valence-electron chi connectivity index (χ0n) is 6.50. The number of carbonyl (C=O) groups is 3. The smallest absolute Gasteiger partial charge is 0.284 e. The summed E-state index contributed by atoms with van der Waals surface area (Å²) >= 11 is 0. The Morgan fingerprint density at radius 2 is 2.42 bits per heavy atom. The topological polar surface area (TPSA) is 75.3 Å². The molecule has 0 aliphatic carbocycles. The second-order valence-electron chi connectivity index (χ2n) is 2.61. The minimum absolute atomic E-state index is 0.169. The summed E-state index contributed by atoms with van der Waals surface area (Å²) in [6.45, 7) is 0.645. The summed E-state index contributed by atoms with van der Waals surface area (Å²) in [6.07, 6.45) is 1.60. The molecule has 0 aromatic heterocycles. The molecular formula is C7H10N2O3. The van der Waals surface area contributed by atoms with Crippen LogP contribution in [0.2, 0.25) is 0 Å². The van der Waals surface area contributed by atoms with Crippen molar-refractivity contribution in [3.05, 3.63) is 0 Å². The molecule has 2 amide bonds. The quantitative estimate of drug-likeness (QED) is 0.394. The molecule has 66 valence electrons. The zero-order chi connectivity index (χ0) is 8.97. The average molecular weight is 170 g/mol. The van der Waals surface area contributed by atoms with Crippen molar-refractivity contribution in [2.24, 2.45) is 0 Å². The van der Waals surface area contributed by atoms with Crippen LogP contribution in [0.1, 0.15) is 12.8 Å². The number of nitrogens with one attached hydrogen (secondary N) is 2. The van der Waals surface area contributed by atoms with E-state index in [9.17, 15) is 14.4 Å². The van der Waals surface area contributed by atoms with E-state index in [-0.39, 0.29) is 12.2 Å². The van der Waals surface area contributed by atoms with Gasteiger partial charge in [0.2, 0.25) is 12.2 Å². The van der Waals surface area contributed by atoms with Crippen LogP contribution in [0.25, 0.3) is 0 Å². The second kappa shape index (κ2) is 3.85. The molecule has 1 rings (SSSR count). The van der Waals surface area contributed by atoms with Gasteiger partial charge in [0, 0.05) is 6.54 Å². The molecule has 5 nitrogen and oxygen atoms in total. The molecule has 0 bridgehead atoms. The van der Waals surface area contributed by atoms with Gasteiger partial charge in [0.25, 0.3) is 5.91 Å². The number of hydrogen-bond donors (Lipinski definition) is 2. The van der Waals surface area contributed by atoms with Crippen LogP contribution in [0.4, 0.5) is 0 Å². The van der Waals surface area contributed by atoms with Gasteiger partial charge in [-0.1, -0.05) is 0 Å². The van der Waals surface area contributed by atoms with Gasteiger partial charge in [-0.05, 0) is 12.8 Å². The fourth-order valence-electron chi connectivity index (χ4n) is 1.12. The van der Waals surface area contributed by atoms with Crippen molar-refractivity contribution in [1.29, 1.82) is 0 Å². The number of amides is 2. The van der Waals surface area contributed by atoms with Crippen molar-refractivity contribution in [3.8, 4) is 0 Å². The van der Waals surface area contributed by atoms with E-state index in [0.29, 0.717) is 13.0 Å². The molecule has 5 heteroatoms. The Balaban J connectivity index is 2.44. The lowest BCUT2D eigenvalue weighted by Crippen LogP contribution is -2.50. The van der Waals surface area contributed by atoms with Gasteiger partial charge in [0.15, 0.2) is 0 Å². The van der Waals surface area contributed by atoms with E-state index in [0.717, 1.165) is 6.42 Å². The summed E-state index contributed by atoms with van der Waals surface area (Å²) < 4.78 is 0. The molecule has 0 radical (unpaired) electrons. The van der Waals surface area contributed by atoms with Crippen LogP contribution >= 0.6 is 0 Å². The Morgan fingerprint density at radius 3 is 3.00 bits per heavy atom. The SMILES string of the molecule is O=CC(=O)N[C@H]1CCCNC1=O. The van der Waals surface area contributed by atoms with Gasteiger partial charge in [-0.25, -0.2) is 0 Å². The number of aldehydes is 1. The molecule has 1 fully saturated rings. The molecular weight excluding hydrogens is 160 g/mol. The summed E-state index contributed by atoms with van der Waals surface area (Å²) in [5, 5.41) is 4.89. The first kappa shape index (κ1) is 8.70. The van der Waals surface area contributed by atoms with Crippen LogP contribution in [0, 0.1) is 0 Å². The second-order valence-corrected chi connectivity index (χ2v) is 2.61. The minimum atomic E-state index is -0.739. The van der Waals surface area contributed by atoms with Gasteiger partial charge in [0.1, 0.15) is 6.04 Å². The number of rotatable bonds is 2. The average Bonchev–Trinajstić information content (AvgIpc) is 2.09. The highest BCUT2D eigenvalue weighted by atomic mass is 16.2. The van der Waals surface area contributed by atoms with E-state index in [1.807, 2.05) is 0 Å². The van der Waals surface area contributed by atoms with Crippen molar-refractivity contribution in [2.75, 3.05) is 6.54 Å². The molecule has 2 N–H and O–H groups in total. The third kappa shape index (κ3) is 2.05. The molecule has 1 aliphatic rings. The molecule has 0 aromatic rings. The van der Waals surface area contributed by atoms with Crippen LogP contribution in [0.5, 0.6) is 0 Å². The summed E-state index contributed by atoms with van der Waals surface area (Å²) in [7, 11) is 0. The van der Waals surface area contributed by atoms with E-state index in [2.05, 4.69) is 10.6 Å². The van der Waals surface area contributed by atoms with E-state index < -0.39 is 11.9 Å². The summed E-state index contributed by atoms with van der Waals surface area (Å²) in [5.74, 6) is -0.950. The van der Waals surface area contributed by atoms with Gasteiger partial charge in [-0.3, -0.25) is 14.4 Å². The molecule has 0 aromatic carbocycles. The first-order valence-electron chi connectivity index (χ1n) is 3.77. The maximum Gasteiger partial charge on any atom is 0.284 e. The Bertz CT molecular complexity index is 215. The highest BCUT2D eigenvalue weighted by molar-refractivity contribution is 6.24. The normalized spacial score (nSPS) is 22.7. The summed E-state index contributed by atoms with van der Waals surface area (Å²) in [5.41, 5.74) is 0. The maximum atomic E-state index is 11.0. The van der Waals surface area contributed by atoms with Crippen molar-refractivity contribution < 1.29 is 14.4 Å². The van der Waals surface area contributed by atoms with Gasteiger partial charge < -0.3 is 10.6 Å². The van der Waals surface area contributed by atoms with Crippen LogP contribution in [-0.4, -0.2) is 30.7 Å². The molecule has 1 saturated heterocycles. The third-order valence-electron chi connectivity index (χ3n) is 1.71. The van der Waals surface area contributed by atoms with Crippen LogP contribution in [0.3, 0.4) is 0 Å². The molecule has 0 spiro atoms. The third-order valence-corrected chi connectivity index (χ3v) is 1.71. The monoisotopic (exact) mass is 170 g/mol. The van der Waals surface area contributed by atoms with Crippen molar-refractivity contribution in [2.45, 2.75) is 18.9 Å². The molecule has 12 heavy (non-hydrogen) atoms. The number of carbonyl (C=O) groups excluding carboxylic acids is 3. The lowest BCUT2D eigenvalue weighted by Gasteiger charge is -2.21. The summed E-state index contributed by atoms with van der Waals surface area (Å²) in [6, 6.07) is -0.531. The minimum Gasteiger partial charge on any atom is -0.354 e. The Hall–Kier alpha value is -1.39. The van der Waals surface area contributed by atoms with E-state index in [4.69, 9.17) is 0 Å². The Kier molecular flexibility index (Phi) is 2.79. The zero-order valence-corrected chi connectivity index (χ0v) is 6.50. The molecule has 1 atom stereocenters. The molecule has 1 aliphatic heterocycles. The van der Waals surface area contributed by atoms with Crippen molar-refractivity contribution in [3.63, 3.8) is 0 Å². The van der Waals surface area contributed by atoms with Gasteiger partial charge >= 0.3 is 0 Å². The lowest BCUT2D eigenvalue weighted by molar-refractivity contribution is -0.134. The maximum absolute atomic E-state index is 11.0. The number of piperidine rings is 1. The largest absolute Gasteiger partial charge is 0.354 e.